The van der Waals surface area contributed by atoms with E-state index >= 15 is 0 Å². The molecule has 0 spiro atoms. The molecule has 0 bridgehead atoms. The Balaban J connectivity index is 2.06. The normalized spacial score (nSPS) is 10.1. The summed E-state index contributed by atoms with van der Waals surface area (Å²) in [6.07, 6.45) is 0. The van der Waals surface area contributed by atoms with Crippen molar-refractivity contribution in [1.82, 2.24) is 0 Å². The van der Waals surface area contributed by atoms with Crippen LogP contribution < -0.4 is 10.1 Å². The van der Waals surface area contributed by atoms with E-state index in [9.17, 15) is 4.39 Å². The zero-order valence-electron chi connectivity index (χ0n) is 8.87. The molecule has 0 saturated heterocycles. The minimum Gasteiger partial charge on any atom is -0.497 e. The first-order chi connectivity index (χ1) is 7.78. The van der Waals surface area contributed by atoms with E-state index in [0.29, 0.717) is 12.3 Å². The summed E-state index contributed by atoms with van der Waals surface area (Å²) in [5.41, 5.74) is 1.91. The summed E-state index contributed by atoms with van der Waals surface area (Å²) < 4.78 is 18.2. The molecular formula is C12H12FNOS. The summed E-state index contributed by atoms with van der Waals surface area (Å²) in [5, 5.41) is 7.23. The summed E-state index contributed by atoms with van der Waals surface area (Å²) in [6.45, 7) is 0.691. The molecular weight excluding hydrogens is 225 g/mol. The molecule has 0 amide bonds. The Labute approximate surface area is 97.7 Å². The van der Waals surface area contributed by atoms with Gasteiger partial charge in [0.05, 0.1) is 7.11 Å². The fourth-order valence-electron chi connectivity index (χ4n) is 1.38. The molecule has 1 aromatic carbocycles. The highest BCUT2D eigenvalue weighted by atomic mass is 32.1. The van der Waals surface area contributed by atoms with Crippen LogP contribution in [0.4, 0.5) is 10.1 Å². The second-order valence-electron chi connectivity index (χ2n) is 3.36. The monoisotopic (exact) mass is 237 g/mol. The van der Waals surface area contributed by atoms with Gasteiger partial charge in [0, 0.05) is 24.4 Å². The number of nitrogens with one attached hydrogen (secondary N) is 1. The summed E-state index contributed by atoms with van der Waals surface area (Å²) >= 11 is 1.65. The van der Waals surface area contributed by atoms with Crippen molar-refractivity contribution >= 4 is 17.0 Å². The van der Waals surface area contributed by atoms with E-state index < -0.39 is 0 Å². The van der Waals surface area contributed by atoms with Crippen molar-refractivity contribution in [1.29, 1.82) is 0 Å². The SMILES string of the molecule is COc1cc(F)cc(NCc2ccsc2)c1. The third kappa shape index (κ3) is 2.73. The van der Waals surface area contributed by atoms with Crippen LogP contribution in [0.25, 0.3) is 0 Å². The standard InChI is InChI=1S/C12H12FNOS/c1-15-12-5-10(13)4-11(6-12)14-7-9-2-3-16-8-9/h2-6,8,14H,7H2,1H3. The number of thiophene rings is 1. The third-order valence-corrected chi connectivity index (χ3v) is 2.92. The van der Waals surface area contributed by atoms with Gasteiger partial charge in [-0.2, -0.15) is 11.3 Å². The molecule has 1 aromatic heterocycles. The summed E-state index contributed by atoms with van der Waals surface area (Å²) in [7, 11) is 1.53. The Bertz CT molecular complexity index is 456. The molecule has 84 valence electrons. The van der Waals surface area contributed by atoms with E-state index in [2.05, 4.69) is 10.7 Å². The molecule has 0 fully saturated rings. The molecule has 2 rings (SSSR count). The Morgan fingerprint density at radius 2 is 2.25 bits per heavy atom. The van der Waals surface area contributed by atoms with E-state index in [1.165, 1.54) is 24.8 Å². The number of ether oxygens (including phenoxy) is 1. The van der Waals surface area contributed by atoms with Crippen LogP contribution in [-0.4, -0.2) is 7.11 Å². The highest BCUT2D eigenvalue weighted by molar-refractivity contribution is 7.07. The lowest BCUT2D eigenvalue weighted by Crippen LogP contribution is -1.99. The molecule has 0 atom stereocenters. The second-order valence-corrected chi connectivity index (χ2v) is 4.14. The highest BCUT2D eigenvalue weighted by Crippen LogP contribution is 2.20. The second kappa shape index (κ2) is 4.99. The minimum absolute atomic E-state index is 0.299. The number of rotatable bonds is 4. The van der Waals surface area contributed by atoms with E-state index in [1.807, 2.05) is 11.4 Å². The van der Waals surface area contributed by atoms with Crippen molar-refractivity contribution in [3.63, 3.8) is 0 Å². The number of hydrogen-bond donors (Lipinski definition) is 1. The van der Waals surface area contributed by atoms with Gasteiger partial charge < -0.3 is 10.1 Å². The fourth-order valence-corrected chi connectivity index (χ4v) is 2.05. The van der Waals surface area contributed by atoms with Gasteiger partial charge >= 0.3 is 0 Å². The lowest BCUT2D eigenvalue weighted by molar-refractivity contribution is 0.411. The smallest absolute Gasteiger partial charge is 0.128 e. The average molecular weight is 237 g/mol. The molecule has 0 unspecified atom stereocenters. The Morgan fingerprint density at radius 1 is 1.38 bits per heavy atom. The van der Waals surface area contributed by atoms with Gasteiger partial charge in [0.15, 0.2) is 0 Å². The van der Waals surface area contributed by atoms with Gasteiger partial charge in [0.25, 0.3) is 0 Å². The number of methoxy groups -OCH3 is 1. The molecule has 0 aliphatic heterocycles. The van der Waals surface area contributed by atoms with Crippen molar-refractivity contribution in [3.8, 4) is 5.75 Å². The van der Waals surface area contributed by atoms with Crippen LogP contribution in [0.1, 0.15) is 5.56 Å². The van der Waals surface area contributed by atoms with Gasteiger partial charge in [-0.1, -0.05) is 0 Å². The zero-order valence-corrected chi connectivity index (χ0v) is 9.68. The first-order valence-corrected chi connectivity index (χ1v) is 5.82. The van der Waals surface area contributed by atoms with Crippen LogP contribution in [-0.2, 0) is 6.54 Å². The molecule has 1 heterocycles. The minimum atomic E-state index is -0.299. The van der Waals surface area contributed by atoms with Gasteiger partial charge in [-0.05, 0) is 28.5 Å². The van der Waals surface area contributed by atoms with Crippen molar-refractivity contribution in [3.05, 3.63) is 46.4 Å². The largest absolute Gasteiger partial charge is 0.497 e. The van der Waals surface area contributed by atoms with Crippen LogP contribution >= 0.6 is 11.3 Å². The van der Waals surface area contributed by atoms with Crippen molar-refractivity contribution in [2.75, 3.05) is 12.4 Å². The number of anilines is 1. The topological polar surface area (TPSA) is 21.3 Å². The van der Waals surface area contributed by atoms with Crippen molar-refractivity contribution in [2.24, 2.45) is 0 Å². The maximum Gasteiger partial charge on any atom is 0.128 e. The molecule has 0 aliphatic carbocycles. The average Bonchev–Trinajstić information content (AvgIpc) is 2.78. The molecule has 16 heavy (non-hydrogen) atoms. The van der Waals surface area contributed by atoms with Gasteiger partial charge in [-0.15, -0.1) is 0 Å². The summed E-state index contributed by atoms with van der Waals surface area (Å²) in [4.78, 5) is 0. The van der Waals surface area contributed by atoms with Crippen LogP contribution in [0.5, 0.6) is 5.75 Å². The fraction of sp³-hybridized carbons (Fsp3) is 0.167. The van der Waals surface area contributed by atoms with E-state index in [1.54, 1.807) is 17.4 Å². The Hall–Kier alpha value is -1.55. The zero-order chi connectivity index (χ0) is 11.4. The lowest BCUT2D eigenvalue weighted by Gasteiger charge is -2.07. The number of hydrogen-bond acceptors (Lipinski definition) is 3. The summed E-state index contributed by atoms with van der Waals surface area (Å²) in [5.74, 6) is 0.222. The lowest BCUT2D eigenvalue weighted by atomic mass is 10.2. The van der Waals surface area contributed by atoms with Gasteiger partial charge in [0.1, 0.15) is 11.6 Å². The van der Waals surface area contributed by atoms with Gasteiger partial charge in [0.2, 0.25) is 0 Å². The van der Waals surface area contributed by atoms with Crippen LogP contribution in [0, 0.1) is 5.82 Å². The molecule has 0 aliphatic rings. The highest BCUT2D eigenvalue weighted by Gasteiger charge is 2.01. The Kier molecular flexibility index (Phi) is 3.41. The molecule has 1 N–H and O–H groups in total. The molecule has 0 radical (unpaired) electrons. The molecule has 0 saturated carbocycles. The van der Waals surface area contributed by atoms with E-state index in [4.69, 9.17) is 4.74 Å². The maximum atomic E-state index is 13.2. The predicted octanol–water partition coefficient (Wildman–Crippen LogP) is 3.51. The molecule has 4 heteroatoms. The Morgan fingerprint density at radius 3 is 2.94 bits per heavy atom. The van der Waals surface area contributed by atoms with E-state index in [0.717, 1.165) is 5.69 Å². The van der Waals surface area contributed by atoms with Gasteiger partial charge in [-0.3, -0.25) is 0 Å². The maximum absolute atomic E-state index is 13.2. The van der Waals surface area contributed by atoms with Gasteiger partial charge in [-0.25, -0.2) is 4.39 Å². The number of halogens is 1. The van der Waals surface area contributed by atoms with Crippen LogP contribution in [0.2, 0.25) is 0 Å². The van der Waals surface area contributed by atoms with Crippen LogP contribution in [0.15, 0.2) is 35.0 Å². The quantitative estimate of drug-likeness (QED) is 0.878. The first kappa shape index (κ1) is 11.0. The third-order valence-electron chi connectivity index (χ3n) is 2.18. The molecule has 2 nitrogen and oxygen atoms in total. The van der Waals surface area contributed by atoms with Crippen LogP contribution in [0.3, 0.4) is 0 Å². The molecule has 2 aromatic rings. The van der Waals surface area contributed by atoms with E-state index in [-0.39, 0.29) is 5.82 Å². The first-order valence-electron chi connectivity index (χ1n) is 4.87. The van der Waals surface area contributed by atoms with Crippen molar-refractivity contribution in [2.45, 2.75) is 6.54 Å². The van der Waals surface area contributed by atoms with Crippen molar-refractivity contribution < 1.29 is 9.13 Å². The summed E-state index contributed by atoms with van der Waals surface area (Å²) in [6, 6.07) is 6.62. The number of benzene rings is 1. The predicted molar refractivity (Wildman–Crippen MR) is 64.6 cm³/mol.